The Labute approximate surface area is 201 Å². The number of rotatable bonds is 11. The normalized spacial score (nSPS) is 12.2. The number of carbonyl (C=O) groups is 2. The average molecular weight is 494 g/mol. The predicted octanol–water partition coefficient (Wildman–Crippen LogP) is 3.75. The van der Waals surface area contributed by atoms with Gasteiger partial charge in [-0.25, -0.2) is 8.42 Å². The summed E-state index contributed by atoms with van der Waals surface area (Å²) in [4.78, 5) is 27.3. The zero-order valence-electron chi connectivity index (χ0n) is 19.5. The van der Waals surface area contributed by atoms with E-state index in [-0.39, 0.29) is 24.8 Å². The van der Waals surface area contributed by atoms with Crippen LogP contribution in [-0.4, -0.2) is 51.0 Å². The first kappa shape index (κ1) is 26.7. The molecule has 0 aliphatic carbocycles. The summed E-state index contributed by atoms with van der Waals surface area (Å²) in [5.74, 6) is -0.422. The fraction of sp³-hybridized carbons (Fsp3) is 0.417. The molecule has 2 amide bonds. The number of nitrogens with one attached hydrogen (secondary N) is 1. The van der Waals surface area contributed by atoms with Gasteiger partial charge in [0.25, 0.3) is 0 Å². The number of likely N-dealkylation sites (N-methyl/N-ethyl adjacent to an activating group) is 1. The molecule has 0 heterocycles. The SMILES string of the molecule is CCC(C(=O)NC)N(Cc1cccc(C)c1)C(=O)CCCN(c1ccc(Cl)cc1)S(C)(=O)=O. The summed E-state index contributed by atoms with van der Waals surface area (Å²) in [7, 11) is -1.99. The summed E-state index contributed by atoms with van der Waals surface area (Å²) in [6.45, 7) is 4.28. The number of carbonyl (C=O) groups excluding carboxylic acids is 2. The molecule has 7 nitrogen and oxygen atoms in total. The third kappa shape index (κ3) is 7.75. The molecule has 1 atom stereocenters. The highest BCUT2D eigenvalue weighted by Crippen LogP contribution is 2.22. The van der Waals surface area contributed by atoms with Crippen molar-refractivity contribution < 1.29 is 18.0 Å². The van der Waals surface area contributed by atoms with Gasteiger partial charge in [-0.1, -0.05) is 48.4 Å². The molecule has 180 valence electrons. The maximum atomic E-state index is 13.2. The molecule has 1 unspecified atom stereocenters. The van der Waals surface area contributed by atoms with Crippen molar-refractivity contribution in [3.63, 3.8) is 0 Å². The van der Waals surface area contributed by atoms with Crippen molar-refractivity contribution in [2.45, 2.75) is 45.7 Å². The number of hydrogen-bond acceptors (Lipinski definition) is 4. The number of sulfonamides is 1. The number of benzene rings is 2. The molecule has 0 aromatic heterocycles. The molecule has 0 saturated carbocycles. The van der Waals surface area contributed by atoms with Crippen LogP contribution in [0.25, 0.3) is 0 Å². The van der Waals surface area contributed by atoms with Crippen LogP contribution in [0.4, 0.5) is 5.69 Å². The van der Waals surface area contributed by atoms with Gasteiger partial charge in [0.15, 0.2) is 0 Å². The van der Waals surface area contributed by atoms with E-state index in [4.69, 9.17) is 11.6 Å². The molecule has 2 rings (SSSR count). The average Bonchev–Trinajstić information content (AvgIpc) is 2.76. The second kappa shape index (κ2) is 12.0. The highest BCUT2D eigenvalue weighted by molar-refractivity contribution is 7.92. The van der Waals surface area contributed by atoms with Crippen LogP contribution in [0, 0.1) is 6.92 Å². The second-order valence-electron chi connectivity index (χ2n) is 7.96. The summed E-state index contributed by atoms with van der Waals surface area (Å²) in [5, 5.41) is 3.15. The highest BCUT2D eigenvalue weighted by atomic mass is 35.5. The Kier molecular flexibility index (Phi) is 9.73. The molecule has 0 aliphatic heterocycles. The van der Waals surface area contributed by atoms with E-state index in [9.17, 15) is 18.0 Å². The summed E-state index contributed by atoms with van der Waals surface area (Å²) in [6, 6.07) is 13.7. The lowest BCUT2D eigenvalue weighted by atomic mass is 10.1. The summed E-state index contributed by atoms with van der Waals surface area (Å²) in [5.41, 5.74) is 2.49. The Balaban J connectivity index is 2.18. The third-order valence-electron chi connectivity index (χ3n) is 5.33. The van der Waals surface area contributed by atoms with E-state index in [1.807, 2.05) is 38.1 Å². The molecule has 33 heavy (non-hydrogen) atoms. The number of hydrogen-bond donors (Lipinski definition) is 1. The van der Waals surface area contributed by atoms with Crippen LogP contribution in [0.5, 0.6) is 0 Å². The quantitative estimate of drug-likeness (QED) is 0.516. The van der Waals surface area contributed by atoms with Gasteiger partial charge in [0.1, 0.15) is 6.04 Å². The lowest BCUT2D eigenvalue weighted by Gasteiger charge is -2.31. The standard InChI is InChI=1S/C24H32ClN3O4S/c1-5-22(24(30)26-3)27(17-19-9-6-8-18(2)16-19)23(29)10-7-15-28(33(4,31)32)21-13-11-20(25)12-14-21/h6,8-9,11-14,16,22H,5,7,10,15,17H2,1-4H3,(H,26,30). The Morgan fingerprint density at radius 3 is 2.33 bits per heavy atom. The van der Waals surface area contributed by atoms with Crippen LogP contribution in [0.15, 0.2) is 48.5 Å². The Morgan fingerprint density at radius 2 is 1.79 bits per heavy atom. The maximum Gasteiger partial charge on any atom is 0.242 e. The molecule has 2 aromatic carbocycles. The van der Waals surface area contributed by atoms with Gasteiger partial charge < -0.3 is 10.2 Å². The minimum atomic E-state index is -3.54. The number of halogens is 1. The number of aryl methyl sites for hydroxylation is 1. The molecule has 0 radical (unpaired) electrons. The Morgan fingerprint density at radius 1 is 1.12 bits per heavy atom. The Hall–Kier alpha value is -2.58. The number of anilines is 1. The van der Waals surface area contributed by atoms with Gasteiger partial charge in [-0.3, -0.25) is 13.9 Å². The fourth-order valence-electron chi connectivity index (χ4n) is 3.70. The summed E-state index contributed by atoms with van der Waals surface area (Å²) < 4.78 is 25.9. The summed E-state index contributed by atoms with van der Waals surface area (Å²) in [6.07, 6.45) is 2.02. The van der Waals surface area contributed by atoms with Gasteiger partial charge in [0.2, 0.25) is 21.8 Å². The smallest absolute Gasteiger partial charge is 0.242 e. The van der Waals surface area contributed by atoms with Crippen molar-refractivity contribution in [1.82, 2.24) is 10.2 Å². The van der Waals surface area contributed by atoms with Gasteiger partial charge >= 0.3 is 0 Å². The van der Waals surface area contributed by atoms with Gasteiger partial charge in [0, 0.05) is 31.6 Å². The lowest BCUT2D eigenvalue weighted by molar-refractivity contribution is -0.141. The molecular weight excluding hydrogens is 462 g/mol. The summed E-state index contributed by atoms with van der Waals surface area (Å²) >= 11 is 5.92. The van der Waals surface area contributed by atoms with E-state index in [1.54, 1.807) is 36.2 Å². The molecule has 1 N–H and O–H groups in total. The van der Waals surface area contributed by atoms with Crippen LogP contribution in [-0.2, 0) is 26.2 Å². The monoisotopic (exact) mass is 493 g/mol. The van der Waals surface area contributed by atoms with E-state index in [0.717, 1.165) is 17.4 Å². The van der Waals surface area contributed by atoms with Crippen molar-refractivity contribution >= 4 is 39.1 Å². The van der Waals surface area contributed by atoms with Gasteiger partial charge in [0.05, 0.1) is 11.9 Å². The van der Waals surface area contributed by atoms with Crippen molar-refractivity contribution in [1.29, 1.82) is 0 Å². The van der Waals surface area contributed by atoms with E-state index in [2.05, 4.69) is 5.32 Å². The van der Waals surface area contributed by atoms with Gasteiger partial charge in [-0.2, -0.15) is 0 Å². The van der Waals surface area contributed by atoms with Crippen molar-refractivity contribution in [3.05, 3.63) is 64.7 Å². The van der Waals surface area contributed by atoms with Crippen LogP contribution in [0.1, 0.15) is 37.3 Å². The molecule has 9 heteroatoms. The Bertz CT molecular complexity index is 1060. The van der Waals surface area contributed by atoms with Crippen LogP contribution >= 0.6 is 11.6 Å². The number of nitrogens with zero attached hydrogens (tertiary/aromatic N) is 2. The van der Waals surface area contributed by atoms with Crippen molar-refractivity contribution in [2.75, 3.05) is 24.2 Å². The van der Waals surface area contributed by atoms with Crippen LogP contribution in [0.3, 0.4) is 0 Å². The van der Waals surface area contributed by atoms with E-state index >= 15 is 0 Å². The van der Waals surface area contributed by atoms with E-state index < -0.39 is 16.1 Å². The fourth-order valence-corrected chi connectivity index (χ4v) is 4.80. The molecule has 0 saturated heterocycles. The van der Waals surface area contributed by atoms with Gasteiger partial charge in [-0.05, 0) is 49.6 Å². The maximum absolute atomic E-state index is 13.2. The molecule has 0 spiro atoms. The molecule has 2 aromatic rings. The largest absolute Gasteiger partial charge is 0.357 e. The predicted molar refractivity (Wildman–Crippen MR) is 133 cm³/mol. The van der Waals surface area contributed by atoms with Crippen LogP contribution in [0.2, 0.25) is 5.02 Å². The zero-order valence-corrected chi connectivity index (χ0v) is 21.1. The van der Waals surface area contributed by atoms with Crippen LogP contribution < -0.4 is 9.62 Å². The highest BCUT2D eigenvalue weighted by Gasteiger charge is 2.28. The minimum absolute atomic E-state index is 0.110. The van der Waals surface area contributed by atoms with Crippen molar-refractivity contribution in [3.8, 4) is 0 Å². The third-order valence-corrected chi connectivity index (χ3v) is 6.78. The number of amides is 2. The molecule has 0 fully saturated rings. The van der Waals surface area contributed by atoms with Crippen molar-refractivity contribution in [2.24, 2.45) is 0 Å². The first-order valence-corrected chi connectivity index (χ1v) is 13.1. The first-order chi connectivity index (χ1) is 15.6. The zero-order chi connectivity index (χ0) is 24.6. The molecular formula is C24H32ClN3O4S. The van der Waals surface area contributed by atoms with Gasteiger partial charge in [-0.15, -0.1) is 0 Å². The van der Waals surface area contributed by atoms with E-state index in [0.29, 0.717) is 30.1 Å². The van der Waals surface area contributed by atoms with E-state index in [1.165, 1.54) is 4.31 Å². The first-order valence-electron chi connectivity index (χ1n) is 10.9. The topological polar surface area (TPSA) is 86.8 Å². The minimum Gasteiger partial charge on any atom is -0.357 e. The molecule has 0 aliphatic rings. The second-order valence-corrected chi connectivity index (χ2v) is 10.3. The molecule has 0 bridgehead atoms. The lowest BCUT2D eigenvalue weighted by Crippen LogP contribution is -2.48.